The summed E-state index contributed by atoms with van der Waals surface area (Å²) in [5.74, 6) is 0. The van der Waals surface area contributed by atoms with Crippen LogP contribution in [-0.2, 0) is 0 Å². The lowest BCUT2D eigenvalue weighted by molar-refractivity contribution is 0.669. The zero-order valence-corrected chi connectivity index (χ0v) is 19.3. The lowest BCUT2D eigenvalue weighted by atomic mass is 10.0. The first kappa shape index (κ1) is 16.3. The largest absolute Gasteiger partial charge is 0.454 e. The van der Waals surface area contributed by atoms with Crippen molar-refractivity contribution in [1.29, 1.82) is 0 Å². The molecular weight excluding hydrogens is 448 g/mol. The van der Waals surface area contributed by atoms with Crippen LogP contribution < -0.4 is 4.90 Å². The molecule has 3 nitrogen and oxygen atoms in total. The summed E-state index contributed by atoms with van der Waals surface area (Å²) in [7, 11) is 0. The van der Waals surface area contributed by atoms with Gasteiger partial charge in [-0.25, -0.2) is 4.98 Å². The van der Waals surface area contributed by atoms with Crippen LogP contribution in [0.1, 0.15) is 5.48 Å². The molecule has 2 heterocycles. The minimum Gasteiger partial charge on any atom is -0.454 e. The first-order chi connectivity index (χ1) is 19.0. The monoisotopic (exact) mass is 472 g/mol. The molecule has 0 atom stereocenters. The van der Waals surface area contributed by atoms with Crippen LogP contribution in [0.2, 0.25) is 0 Å². The highest BCUT2D eigenvalue weighted by Gasteiger charge is 2.22. The molecule has 2 aromatic heterocycles. The van der Waals surface area contributed by atoms with Crippen LogP contribution in [-0.4, -0.2) is 4.98 Å². The number of aromatic nitrogens is 1. The van der Waals surface area contributed by atoms with Gasteiger partial charge < -0.3 is 9.32 Å². The van der Waals surface area contributed by atoms with Crippen molar-refractivity contribution in [1.82, 2.24) is 4.98 Å². The van der Waals surface area contributed by atoms with Crippen molar-refractivity contribution in [2.45, 2.75) is 0 Å². The van der Waals surface area contributed by atoms with Crippen LogP contribution in [0.15, 0.2) is 126 Å². The van der Waals surface area contributed by atoms with Crippen LogP contribution in [0.3, 0.4) is 0 Å². The van der Waals surface area contributed by atoms with Gasteiger partial charge in [-0.3, -0.25) is 0 Å². The molecule has 0 bridgehead atoms. The topological polar surface area (TPSA) is 29.3 Å². The Labute approximate surface area is 212 Å². The molecule has 0 amide bonds. The van der Waals surface area contributed by atoms with Gasteiger partial charge in [0.2, 0.25) is 0 Å². The second-order valence-corrected chi connectivity index (χ2v) is 9.14. The van der Waals surface area contributed by atoms with Crippen molar-refractivity contribution < 1.29 is 9.90 Å². The molecule has 7 rings (SSSR count). The number of hydrogen-bond donors (Lipinski definition) is 0. The fourth-order valence-electron chi connectivity index (χ4n) is 4.53. The van der Waals surface area contributed by atoms with Gasteiger partial charge in [0.1, 0.15) is 10.6 Å². The number of fused-ring (bicyclic) bond motifs is 4. The molecule has 0 N–H and O–H groups in total. The third-order valence-corrected chi connectivity index (χ3v) is 7.06. The molecule has 0 aliphatic heterocycles. The number of hydrogen-bond acceptors (Lipinski definition) is 4. The van der Waals surface area contributed by atoms with Gasteiger partial charge in [-0.2, -0.15) is 0 Å². The molecular formula is C31H20N2OS. The summed E-state index contributed by atoms with van der Waals surface area (Å²) < 4.78 is 39.9. The molecule has 0 fully saturated rings. The molecule has 0 radical (unpaired) electrons. The maximum atomic E-state index is 8.40. The summed E-state index contributed by atoms with van der Waals surface area (Å²) in [6.45, 7) is 0. The summed E-state index contributed by atoms with van der Waals surface area (Å²) in [6.07, 6.45) is 0. The quantitative estimate of drug-likeness (QED) is 0.255. The predicted octanol–water partition coefficient (Wildman–Crippen LogP) is 9.33. The van der Waals surface area contributed by atoms with Crippen molar-refractivity contribution in [3.63, 3.8) is 0 Å². The van der Waals surface area contributed by atoms with Crippen molar-refractivity contribution in [2.75, 3.05) is 4.90 Å². The molecule has 4 heteroatoms. The zero-order valence-electron chi connectivity index (χ0n) is 22.4. The Hall–Kier alpha value is -4.41. The lowest BCUT2D eigenvalue weighted by Gasteiger charge is -2.25. The molecule has 0 unspecified atom stereocenters. The van der Waals surface area contributed by atoms with E-state index in [1.165, 1.54) is 11.3 Å². The van der Waals surface area contributed by atoms with Gasteiger partial charge in [0, 0.05) is 27.7 Å². The number of para-hydroxylation sites is 4. The molecule has 0 spiro atoms. The van der Waals surface area contributed by atoms with Gasteiger partial charge in [-0.1, -0.05) is 66.7 Å². The Kier molecular flexibility index (Phi) is 3.77. The molecule has 0 aliphatic rings. The van der Waals surface area contributed by atoms with E-state index in [-0.39, 0.29) is 29.7 Å². The molecule has 166 valence electrons. The summed E-state index contributed by atoms with van der Waals surface area (Å²) in [4.78, 5) is 6.89. The van der Waals surface area contributed by atoms with Gasteiger partial charge in [0.05, 0.1) is 21.4 Å². The van der Waals surface area contributed by atoms with Crippen LogP contribution >= 0.6 is 11.3 Å². The van der Waals surface area contributed by atoms with Gasteiger partial charge in [-0.15, -0.1) is 11.3 Å². The van der Waals surface area contributed by atoms with Crippen LogP contribution in [0.4, 0.5) is 17.1 Å². The van der Waals surface area contributed by atoms with Crippen LogP contribution in [0, 0.1) is 0 Å². The highest BCUT2D eigenvalue weighted by Crippen LogP contribution is 2.46. The van der Waals surface area contributed by atoms with E-state index in [0.29, 0.717) is 15.3 Å². The van der Waals surface area contributed by atoms with Gasteiger partial charge in [-0.05, 0) is 54.5 Å². The van der Waals surface area contributed by atoms with Gasteiger partial charge in [0.25, 0.3) is 0 Å². The van der Waals surface area contributed by atoms with Gasteiger partial charge >= 0.3 is 0 Å². The van der Waals surface area contributed by atoms with E-state index < -0.39 is 0 Å². The maximum Gasteiger partial charge on any atom is 0.160 e. The van der Waals surface area contributed by atoms with E-state index in [0.717, 1.165) is 39.0 Å². The Bertz CT molecular complexity index is 1940. The standard InChI is InChI=1S/C31H20N2OS/c1-3-11-21(12-4-1)33(22-13-5-2-6-14-22)26-20-19-24(31-32-25-16-8-10-18-28(25)35-31)29-23-15-7-9-17-27(23)34-30(26)29/h1-20H/i8D,10D,16D,18D. The Morgan fingerprint density at radius 1 is 0.743 bits per heavy atom. The van der Waals surface area contributed by atoms with Gasteiger partial charge in [0.15, 0.2) is 5.58 Å². The number of benzene rings is 5. The lowest BCUT2D eigenvalue weighted by Crippen LogP contribution is -2.10. The van der Waals surface area contributed by atoms with E-state index in [4.69, 9.17) is 14.9 Å². The first-order valence-electron chi connectivity index (χ1n) is 13.2. The third kappa shape index (κ3) is 3.30. The van der Waals surface area contributed by atoms with Crippen molar-refractivity contribution >= 4 is 60.6 Å². The normalized spacial score (nSPS) is 13.0. The van der Waals surface area contributed by atoms with E-state index in [1.54, 1.807) is 0 Å². The summed E-state index contributed by atoms with van der Waals surface area (Å²) in [5.41, 5.74) is 5.38. The summed E-state index contributed by atoms with van der Waals surface area (Å²) in [6, 6.07) is 31.4. The molecule has 7 aromatic rings. The second kappa shape index (κ2) is 8.12. The van der Waals surface area contributed by atoms with Crippen molar-refractivity contribution in [2.24, 2.45) is 0 Å². The molecule has 0 saturated carbocycles. The van der Waals surface area contributed by atoms with Crippen molar-refractivity contribution in [3.8, 4) is 10.6 Å². The number of furan rings is 1. The fraction of sp³-hybridized carbons (Fsp3) is 0. The van der Waals surface area contributed by atoms with E-state index in [1.807, 2.05) is 72.8 Å². The van der Waals surface area contributed by atoms with Crippen molar-refractivity contribution in [3.05, 3.63) is 121 Å². The highest BCUT2D eigenvalue weighted by atomic mass is 32.1. The number of rotatable bonds is 4. The Morgan fingerprint density at radius 3 is 2.20 bits per heavy atom. The average Bonchev–Trinajstić information content (AvgIpc) is 3.60. The molecule has 5 aromatic carbocycles. The summed E-state index contributed by atoms with van der Waals surface area (Å²) >= 11 is 1.27. The zero-order chi connectivity index (χ0) is 26.7. The van der Waals surface area contributed by atoms with E-state index >= 15 is 0 Å². The fourth-order valence-corrected chi connectivity index (χ4v) is 5.44. The highest BCUT2D eigenvalue weighted by molar-refractivity contribution is 7.21. The van der Waals surface area contributed by atoms with Crippen LogP contribution in [0.25, 0.3) is 42.7 Å². The summed E-state index contributed by atoms with van der Waals surface area (Å²) in [5, 5.41) is 2.43. The van der Waals surface area contributed by atoms with E-state index in [9.17, 15) is 0 Å². The predicted molar refractivity (Wildman–Crippen MR) is 147 cm³/mol. The Balaban J connectivity index is 1.55. The molecule has 0 aliphatic carbocycles. The minimum absolute atomic E-state index is 0.0704. The first-order valence-corrected chi connectivity index (χ1v) is 12.1. The molecule has 35 heavy (non-hydrogen) atoms. The second-order valence-electron chi connectivity index (χ2n) is 8.14. The Morgan fingerprint density at radius 2 is 1.43 bits per heavy atom. The van der Waals surface area contributed by atoms with Crippen LogP contribution in [0.5, 0.6) is 0 Å². The third-order valence-electron chi connectivity index (χ3n) is 6.05. The number of thiazole rings is 1. The number of anilines is 3. The maximum absolute atomic E-state index is 8.40. The average molecular weight is 473 g/mol. The van der Waals surface area contributed by atoms with E-state index in [2.05, 4.69) is 29.2 Å². The minimum atomic E-state index is -0.278. The molecule has 0 saturated heterocycles. The smallest absolute Gasteiger partial charge is 0.160 e. The SMILES string of the molecule is [2H]c1c([2H])c([2H])c2sc(-c3ccc(N(c4ccccc4)c4ccccc4)c4oc5ccccc5c34)nc2c1[2H]. The number of nitrogens with zero attached hydrogens (tertiary/aromatic N) is 2.